The SMILES string of the molecule is CC(CO)(CO)NS(=O)(=O)N1CCC(C(=O)O)CC1. The average Bonchev–Trinajstić information content (AvgIpc) is 2.38. The molecule has 112 valence electrons. The Balaban J connectivity index is 2.68. The third kappa shape index (κ3) is 4.11. The van der Waals surface area contributed by atoms with Gasteiger partial charge in [-0.2, -0.15) is 17.4 Å². The molecule has 1 fully saturated rings. The fraction of sp³-hybridized carbons (Fsp3) is 0.900. The molecule has 19 heavy (non-hydrogen) atoms. The van der Waals surface area contributed by atoms with Gasteiger partial charge in [-0.3, -0.25) is 4.79 Å². The van der Waals surface area contributed by atoms with E-state index in [2.05, 4.69) is 4.72 Å². The fourth-order valence-corrected chi connectivity index (χ4v) is 3.41. The van der Waals surface area contributed by atoms with Crippen LogP contribution < -0.4 is 4.72 Å². The highest BCUT2D eigenvalue weighted by molar-refractivity contribution is 7.87. The predicted octanol–water partition coefficient (Wildman–Crippen LogP) is -1.64. The lowest BCUT2D eigenvalue weighted by Crippen LogP contribution is -2.57. The molecule has 8 nitrogen and oxygen atoms in total. The summed E-state index contributed by atoms with van der Waals surface area (Å²) in [6.45, 7) is 0.537. The first kappa shape index (κ1) is 16.3. The van der Waals surface area contributed by atoms with E-state index in [0.29, 0.717) is 0 Å². The van der Waals surface area contributed by atoms with Crippen LogP contribution in [0.15, 0.2) is 0 Å². The van der Waals surface area contributed by atoms with Crippen LogP contribution in [0.3, 0.4) is 0 Å². The summed E-state index contributed by atoms with van der Waals surface area (Å²) in [6.07, 6.45) is 0.510. The second kappa shape index (κ2) is 6.14. The van der Waals surface area contributed by atoms with Crippen LogP contribution in [0, 0.1) is 5.92 Å². The molecule has 4 N–H and O–H groups in total. The van der Waals surface area contributed by atoms with Crippen molar-refractivity contribution in [1.29, 1.82) is 0 Å². The number of carboxylic acids is 1. The number of rotatable bonds is 6. The van der Waals surface area contributed by atoms with Crippen LogP contribution in [0.1, 0.15) is 19.8 Å². The standard InChI is InChI=1S/C10H20N2O6S/c1-10(6-13,7-14)11-19(17,18)12-4-2-8(3-5-12)9(15)16/h8,11,13-14H,2-7H2,1H3,(H,15,16). The quantitative estimate of drug-likeness (QED) is 0.465. The van der Waals surface area contributed by atoms with E-state index in [1.807, 2.05) is 0 Å². The zero-order chi connectivity index (χ0) is 14.7. The largest absolute Gasteiger partial charge is 0.481 e. The van der Waals surface area contributed by atoms with Crippen LogP contribution in [0.25, 0.3) is 0 Å². The number of hydrogen-bond donors (Lipinski definition) is 4. The highest BCUT2D eigenvalue weighted by Crippen LogP contribution is 2.20. The Labute approximate surface area is 112 Å². The summed E-state index contributed by atoms with van der Waals surface area (Å²) in [4.78, 5) is 10.8. The maximum Gasteiger partial charge on any atom is 0.306 e. The molecule has 0 atom stereocenters. The van der Waals surface area contributed by atoms with Crippen molar-refractivity contribution in [1.82, 2.24) is 9.03 Å². The predicted molar refractivity (Wildman–Crippen MR) is 66.6 cm³/mol. The first-order chi connectivity index (χ1) is 8.74. The monoisotopic (exact) mass is 296 g/mol. The molecule has 1 heterocycles. The molecule has 0 aromatic carbocycles. The Morgan fingerprint density at radius 3 is 2.16 bits per heavy atom. The number of carbonyl (C=O) groups is 1. The van der Waals surface area contributed by atoms with E-state index in [1.165, 1.54) is 6.92 Å². The number of carboxylic acid groups (broad SMARTS) is 1. The minimum atomic E-state index is -3.84. The number of aliphatic carboxylic acids is 1. The average molecular weight is 296 g/mol. The normalized spacial score (nSPS) is 19.5. The van der Waals surface area contributed by atoms with Crippen molar-refractivity contribution in [2.45, 2.75) is 25.3 Å². The maximum absolute atomic E-state index is 12.0. The zero-order valence-electron chi connectivity index (χ0n) is 10.7. The summed E-state index contributed by atoms with van der Waals surface area (Å²) in [5.41, 5.74) is -1.33. The molecule has 9 heteroatoms. The van der Waals surface area contributed by atoms with Gasteiger partial charge in [0.15, 0.2) is 0 Å². The third-order valence-electron chi connectivity index (χ3n) is 3.22. The maximum atomic E-state index is 12.0. The molecule has 1 aliphatic heterocycles. The van der Waals surface area contributed by atoms with Crippen molar-refractivity contribution in [3.05, 3.63) is 0 Å². The van der Waals surface area contributed by atoms with Gasteiger partial charge < -0.3 is 15.3 Å². The molecule has 1 rings (SSSR count). The highest BCUT2D eigenvalue weighted by atomic mass is 32.2. The van der Waals surface area contributed by atoms with Crippen LogP contribution in [-0.2, 0) is 15.0 Å². The van der Waals surface area contributed by atoms with E-state index in [1.54, 1.807) is 0 Å². The molecule has 0 aliphatic carbocycles. The van der Waals surface area contributed by atoms with Gasteiger partial charge in [-0.05, 0) is 19.8 Å². The summed E-state index contributed by atoms with van der Waals surface area (Å²) >= 11 is 0. The van der Waals surface area contributed by atoms with E-state index in [4.69, 9.17) is 15.3 Å². The molecule has 0 saturated carbocycles. The number of hydrogen-bond acceptors (Lipinski definition) is 5. The van der Waals surface area contributed by atoms with Crippen molar-refractivity contribution in [3.63, 3.8) is 0 Å². The zero-order valence-corrected chi connectivity index (χ0v) is 11.6. The molecule has 0 spiro atoms. The Kier molecular flexibility index (Phi) is 5.27. The summed E-state index contributed by atoms with van der Waals surface area (Å²) in [7, 11) is -3.84. The second-order valence-corrected chi connectivity index (χ2v) is 6.67. The first-order valence-electron chi connectivity index (χ1n) is 5.97. The van der Waals surface area contributed by atoms with Gasteiger partial charge in [0.2, 0.25) is 0 Å². The fourth-order valence-electron chi connectivity index (χ4n) is 1.83. The van der Waals surface area contributed by atoms with Crippen molar-refractivity contribution >= 4 is 16.2 Å². The van der Waals surface area contributed by atoms with Crippen LogP contribution in [0.4, 0.5) is 0 Å². The van der Waals surface area contributed by atoms with Crippen molar-refractivity contribution < 1.29 is 28.5 Å². The van der Waals surface area contributed by atoms with Crippen LogP contribution in [-0.4, -0.2) is 65.9 Å². The van der Waals surface area contributed by atoms with Gasteiger partial charge in [-0.15, -0.1) is 0 Å². The Morgan fingerprint density at radius 1 is 1.32 bits per heavy atom. The van der Waals surface area contributed by atoms with Crippen molar-refractivity contribution in [3.8, 4) is 0 Å². The number of aliphatic hydroxyl groups excluding tert-OH is 2. The third-order valence-corrected chi connectivity index (χ3v) is 5.01. The molecular formula is C10H20N2O6S. The topological polar surface area (TPSA) is 127 Å². The number of aliphatic hydroxyl groups is 2. The summed E-state index contributed by atoms with van der Waals surface area (Å²) < 4.78 is 27.4. The summed E-state index contributed by atoms with van der Waals surface area (Å²) in [5.74, 6) is -1.44. The molecular weight excluding hydrogens is 276 g/mol. The molecule has 1 aliphatic rings. The Morgan fingerprint density at radius 2 is 1.79 bits per heavy atom. The van der Waals surface area contributed by atoms with Gasteiger partial charge in [0.25, 0.3) is 10.2 Å². The lowest BCUT2D eigenvalue weighted by Gasteiger charge is -2.33. The minimum absolute atomic E-state index is 0.110. The van der Waals surface area contributed by atoms with E-state index >= 15 is 0 Å². The van der Waals surface area contributed by atoms with Crippen molar-refractivity contribution in [2.24, 2.45) is 5.92 Å². The lowest BCUT2D eigenvalue weighted by molar-refractivity contribution is -0.142. The first-order valence-corrected chi connectivity index (χ1v) is 7.42. The molecule has 0 aromatic rings. The Hall–Kier alpha value is -0.740. The number of nitrogens with zero attached hydrogens (tertiary/aromatic N) is 1. The van der Waals surface area contributed by atoms with Crippen LogP contribution in [0.5, 0.6) is 0 Å². The summed E-state index contributed by atoms with van der Waals surface area (Å²) in [5, 5.41) is 27.0. The molecule has 0 bridgehead atoms. The lowest BCUT2D eigenvalue weighted by atomic mass is 9.99. The molecule has 0 amide bonds. The van der Waals surface area contributed by atoms with Gasteiger partial charge >= 0.3 is 5.97 Å². The van der Waals surface area contributed by atoms with Gasteiger partial charge in [-0.25, -0.2) is 0 Å². The van der Waals surface area contributed by atoms with Gasteiger partial charge in [0, 0.05) is 13.1 Å². The summed E-state index contributed by atoms with van der Waals surface area (Å²) in [6, 6.07) is 0. The number of piperidine rings is 1. The molecule has 0 unspecified atom stereocenters. The van der Waals surface area contributed by atoms with E-state index in [0.717, 1.165) is 4.31 Å². The van der Waals surface area contributed by atoms with E-state index < -0.39 is 40.8 Å². The van der Waals surface area contributed by atoms with Gasteiger partial charge in [-0.1, -0.05) is 0 Å². The Bertz CT molecular complexity index is 412. The van der Waals surface area contributed by atoms with Crippen LogP contribution in [0.2, 0.25) is 0 Å². The van der Waals surface area contributed by atoms with Gasteiger partial charge in [0.05, 0.1) is 24.7 Å². The smallest absolute Gasteiger partial charge is 0.306 e. The van der Waals surface area contributed by atoms with E-state index in [9.17, 15) is 13.2 Å². The van der Waals surface area contributed by atoms with E-state index in [-0.39, 0.29) is 25.9 Å². The second-order valence-electron chi connectivity index (χ2n) is 5.00. The molecule has 1 saturated heterocycles. The number of nitrogens with one attached hydrogen (secondary N) is 1. The highest BCUT2D eigenvalue weighted by Gasteiger charge is 2.35. The van der Waals surface area contributed by atoms with Gasteiger partial charge in [0.1, 0.15) is 0 Å². The minimum Gasteiger partial charge on any atom is -0.481 e. The molecule has 0 radical (unpaired) electrons. The molecule has 0 aromatic heterocycles. The van der Waals surface area contributed by atoms with Crippen LogP contribution >= 0.6 is 0 Å². The van der Waals surface area contributed by atoms with Crippen molar-refractivity contribution in [2.75, 3.05) is 26.3 Å².